The predicted molar refractivity (Wildman–Crippen MR) is 141 cm³/mol. The van der Waals surface area contributed by atoms with Crippen molar-refractivity contribution in [1.29, 1.82) is 0 Å². The summed E-state index contributed by atoms with van der Waals surface area (Å²) in [6, 6.07) is 8.43. The fraction of sp³-hybridized carbons (Fsp3) is 0.467. The summed E-state index contributed by atoms with van der Waals surface area (Å²) in [4.78, 5) is 0. The van der Waals surface area contributed by atoms with Crippen molar-refractivity contribution in [3.05, 3.63) is 88.6 Å². The number of ether oxygens (including phenoxy) is 1. The quantitative estimate of drug-likeness (QED) is 0.295. The largest absolute Gasteiger partial charge is 0.357 e. The first-order valence-corrected chi connectivity index (χ1v) is 12.1. The maximum absolute atomic E-state index is 5.93. The average Bonchev–Trinajstić information content (AvgIpc) is 2.73. The van der Waals surface area contributed by atoms with Gasteiger partial charge in [0, 0.05) is 12.3 Å². The van der Waals surface area contributed by atoms with Crippen molar-refractivity contribution in [3.63, 3.8) is 0 Å². The van der Waals surface area contributed by atoms with E-state index in [-0.39, 0.29) is 11.6 Å². The first-order valence-electron chi connectivity index (χ1n) is 12.1. The minimum absolute atomic E-state index is 0.147. The van der Waals surface area contributed by atoms with E-state index >= 15 is 0 Å². The minimum Gasteiger partial charge on any atom is -0.357 e. The Balaban J connectivity index is 2.05. The number of rotatable bonds is 10. The summed E-state index contributed by atoms with van der Waals surface area (Å²) in [7, 11) is 0. The van der Waals surface area contributed by atoms with Gasteiger partial charge in [0.15, 0.2) is 0 Å². The number of hydrogen-bond acceptors (Lipinski definition) is 2. The van der Waals surface area contributed by atoms with Crippen LogP contribution in [0.3, 0.4) is 0 Å². The van der Waals surface area contributed by atoms with Crippen LogP contribution in [0.2, 0.25) is 0 Å². The van der Waals surface area contributed by atoms with E-state index in [9.17, 15) is 0 Å². The van der Waals surface area contributed by atoms with Gasteiger partial charge < -0.3 is 10.1 Å². The molecule has 0 radical (unpaired) electrons. The van der Waals surface area contributed by atoms with E-state index in [4.69, 9.17) is 4.74 Å². The third kappa shape index (κ3) is 7.98. The molecule has 1 N–H and O–H groups in total. The molecule has 0 saturated heterocycles. The highest BCUT2D eigenvalue weighted by Crippen LogP contribution is 2.40. The number of hydrogen-bond donors (Lipinski definition) is 1. The van der Waals surface area contributed by atoms with Crippen LogP contribution >= 0.6 is 0 Å². The van der Waals surface area contributed by atoms with Gasteiger partial charge in [-0.05, 0) is 82.1 Å². The first kappa shape index (κ1) is 25.9. The van der Waals surface area contributed by atoms with Crippen LogP contribution in [0, 0.1) is 5.41 Å². The highest BCUT2D eigenvalue weighted by atomic mass is 16.5. The van der Waals surface area contributed by atoms with E-state index in [0.717, 1.165) is 12.1 Å². The summed E-state index contributed by atoms with van der Waals surface area (Å²) < 4.78 is 5.93. The Labute approximate surface area is 196 Å². The van der Waals surface area contributed by atoms with Crippen LogP contribution in [0.25, 0.3) is 0 Å². The van der Waals surface area contributed by atoms with Crippen LogP contribution in [0.4, 0.5) is 5.69 Å². The number of para-hydroxylation sites is 1. The molecule has 1 aliphatic carbocycles. The predicted octanol–water partition coefficient (Wildman–Crippen LogP) is 8.56. The summed E-state index contributed by atoms with van der Waals surface area (Å²) in [6.07, 6.45) is 17.8. The van der Waals surface area contributed by atoms with Gasteiger partial charge >= 0.3 is 0 Å². The smallest absolute Gasteiger partial charge is 0.147 e. The van der Waals surface area contributed by atoms with Gasteiger partial charge in [0.05, 0.1) is 0 Å². The lowest BCUT2D eigenvalue weighted by atomic mass is 9.72. The fourth-order valence-electron chi connectivity index (χ4n) is 4.36. The number of nitrogens with one attached hydrogen (secondary N) is 1. The molecule has 32 heavy (non-hydrogen) atoms. The molecule has 0 spiro atoms. The summed E-state index contributed by atoms with van der Waals surface area (Å²) in [5.74, 6) is 0. The topological polar surface area (TPSA) is 21.3 Å². The molecule has 0 heterocycles. The van der Waals surface area contributed by atoms with Crippen molar-refractivity contribution in [2.24, 2.45) is 5.41 Å². The van der Waals surface area contributed by atoms with E-state index in [0.29, 0.717) is 6.61 Å². The number of benzene rings is 1. The summed E-state index contributed by atoms with van der Waals surface area (Å²) >= 11 is 0. The molecule has 0 saturated carbocycles. The maximum atomic E-state index is 5.93. The van der Waals surface area contributed by atoms with Gasteiger partial charge in [-0.15, -0.1) is 0 Å². The summed E-state index contributed by atoms with van der Waals surface area (Å²) in [5, 5.41) is 3.53. The molecule has 0 bridgehead atoms. The van der Waals surface area contributed by atoms with E-state index in [1.54, 1.807) is 5.57 Å². The number of aryl methyl sites for hydroxylation is 1. The van der Waals surface area contributed by atoms with Crippen LogP contribution in [-0.4, -0.2) is 12.8 Å². The molecule has 0 aliphatic heterocycles. The molecule has 0 amide bonds. The molecule has 1 aromatic carbocycles. The van der Waals surface area contributed by atoms with Crippen LogP contribution in [0.15, 0.2) is 83.0 Å². The van der Waals surface area contributed by atoms with Crippen molar-refractivity contribution >= 4 is 5.69 Å². The Morgan fingerprint density at radius 3 is 2.56 bits per heavy atom. The van der Waals surface area contributed by atoms with E-state index in [2.05, 4.69) is 108 Å². The summed E-state index contributed by atoms with van der Waals surface area (Å²) in [5.41, 5.74) is 8.20. The van der Waals surface area contributed by atoms with Crippen LogP contribution in [0.5, 0.6) is 0 Å². The Morgan fingerprint density at radius 2 is 1.88 bits per heavy atom. The normalized spacial score (nSPS) is 18.6. The zero-order chi connectivity index (χ0) is 23.6. The lowest BCUT2D eigenvalue weighted by Gasteiger charge is -2.32. The van der Waals surface area contributed by atoms with Gasteiger partial charge in [-0.3, -0.25) is 0 Å². The van der Waals surface area contributed by atoms with E-state index < -0.39 is 0 Å². The van der Waals surface area contributed by atoms with Crippen LogP contribution < -0.4 is 5.32 Å². The third-order valence-electron chi connectivity index (χ3n) is 6.23. The molecule has 0 aromatic heterocycles. The Hall–Kier alpha value is -2.32. The second-order valence-corrected chi connectivity index (χ2v) is 9.48. The molecule has 174 valence electrons. The monoisotopic (exact) mass is 433 g/mol. The van der Waals surface area contributed by atoms with Gasteiger partial charge in [-0.2, -0.15) is 0 Å². The van der Waals surface area contributed by atoms with Crippen molar-refractivity contribution in [3.8, 4) is 0 Å². The van der Waals surface area contributed by atoms with Gasteiger partial charge in [-0.25, -0.2) is 0 Å². The molecule has 2 heteroatoms. The highest BCUT2D eigenvalue weighted by molar-refractivity contribution is 5.52. The summed E-state index contributed by atoms with van der Waals surface area (Å²) in [6.45, 7) is 16.2. The van der Waals surface area contributed by atoms with E-state index in [1.165, 1.54) is 41.5 Å². The lowest BCUT2D eigenvalue weighted by Crippen LogP contribution is -2.21. The molecular weight excluding hydrogens is 390 g/mol. The zero-order valence-corrected chi connectivity index (χ0v) is 21.3. The van der Waals surface area contributed by atoms with Gasteiger partial charge in [0.25, 0.3) is 0 Å². The molecule has 1 aromatic rings. The Morgan fingerprint density at radius 1 is 1.12 bits per heavy atom. The SMILES string of the molecule is CCOC(/C=C(C)/C=C/C=C(C)/C=C/C1=C(C)CCCC1(C)C)Nc1ccccc1CC. The zero-order valence-electron chi connectivity index (χ0n) is 21.3. The molecular formula is C30H43NO. The Bertz CT molecular complexity index is 895. The standard InChI is InChI=1S/C30H43NO/c1-8-26-17-10-11-18-28(26)31-29(32-9-2)22-24(4)15-12-14-23(3)19-20-27-25(5)16-13-21-30(27,6)7/h10-12,14-15,17-20,22,29,31H,8-9,13,16,21H2,1-7H3/b15-12+,20-19+,23-14+,24-22+. The average molecular weight is 434 g/mol. The van der Waals surface area contributed by atoms with Crippen molar-refractivity contribution in [2.75, 3.05) is 11.9 Å². The van der Waals surface area contributed by atoms with Crippen LogP contribution in [0.1, 0.15) is 73.3 Å². The molecule has 1 atom stereocenters. The number of allylic oxidation sites excluding steroid dienone is 9. The second kappa shape index (κ2) is 12.6. The first-order chi connectivity index (χ1) is 15.3. The van der Waals surface area contributed by atoms with Crippen molar-refractivity contribution < 1.29 is 4.74 Å². The van der Waals surface area contributed by atoms with Crippen LogP contribution in [-0.2, 0) is 11.2 Å². The lowest BCUT2D eigenvalue weighted by molar-refractivity contribution is 0.115. The molecule has 0 fully saturated rings. The minimum atomic E-state index is -0.147. The highest BCUT2D eigenvalue weighted by Gasteiger charge is 2.26. The van der Waals surface area contributed by atoms with Gasteiger partial charge in [-0.1, -0.05) is 86.1 Å². The maximum Gasteiger partial charge on any atom is 0.147 e. The Kier molecular flexibility index (Phi) is 10.3. The van der Waals surface area contributed by atoms with Gasteiger partial charge in [0.1, 0.15) is 6.23 Å². The third-order valence-corrected chi connectivity index (χ3v) is 6.23. The molecule has 2 nitrogen and oxygen atoms in total. The second-order valence-electron chi connectivity index (χ2n) is 9.48. The number of anilines is 1. The van der Waals surface area contributed by atoms with Gasteiger partial charge in [0.2, 0.25) is 0 Å². The molecule has 1 unspecified atom stereocenters. The van der Waals surface area contributed by atoms with Crippen molar-refractivity contribution in [1.82, 2.24) is 0 Å². The molecule has 1 aliphatic rings. The molecule has 2 rings (SSSR count). The fourth-order valence-corrected chi connectivity index (χ4v) is 4.36. The van der Waals surface area contributed by atoms with Crippen molar-refractivity contribution in [2.45, 2.75) is 80.4 Å². The van der Waals surface area contributed by atoms with E-state index in [1.807, 2.05) is 6.92 Å².